The van der Waals surface area contributed by atoms with E-state index in [-0.39, 0.29) is 21.6 Å². The number of hydrogen-bond donors (Lipinski definition) is 2. The van der Waals surface area contributed by atoms with E-state index in [2.05, 4.69) is 14.8 Å². The number of hydrogen-bond acceptors (Lipinski definition) is 7. The van der Waals surface area contributed by atoms with Crippen molar-refractivity contribution in [1.29, 1.82) is 0 Å². The van der Waals surface area contributed by atoms with Crippen molar-refractivity contribution in [2.24, 2.45) is 0 Å². The Labute approximate surface area is 216 Å². The first-order valence-electron chi connectivity index (χ1n) is 10.2. The van der Waals surface area contributed by atoms with Gasteiger partial charge in [0.15, 0.2) is 15.6 Å². The van der Waals surface area contributed by atoms with Crippen LogP contribution in [0.1, 0.15) is 17.7 Å². The van der Waals surface area contributed by atoms with Gasteiger partial charge in [-0.1, -0.05) is 23.2 Å². The Balaban J connectivity index is 2.28. The first kappa shape index (κ1) is 28.1. The minimum Gasteiger partial charge on any atom is -0.465 e. The van der Waals surface area contributed by atoms with Crippen LogP contribution >= 0.6 is 23.2 Å². The summed E-state index contributed by atoms with van der Waals surface area (Å²) in [5.41, 5.74) is -3.04. The van der Waals surface area contributed by atoms with E-state index in [4.69, 9.17) is 23.2 Å². The predicted molar refractivity (Wildman–Crippen MR) is 130 cm³/mol. The third kappa shape index (κ3) is 6.24. The molecule has 2 N–H and O–H groups in total. The van der Waals surface area contributed by atoms with Gasteiger partial charge in [-0.3, -0.25) is 4.79 Å². The molecular weight excluding hydrogens is 561 g/mol. The molecule has 0 saturated carbocycles. The summed E-state index contributed by atoms with van der Waals surface area (Å²) in [4.78, 5) is 11.5. The molecule has 0 aromatic heterocycles. The summed E-state index contributed by atoms with van der Waals surface area (Å²) in [6.45, 7) is 1.37. The number of rotatable bonds is 9. The Hall–Kier alpha value is -2.51. The van der Waals surface area contributed by atoms with E-state index in [0.717, 1.165) is 30.5 Å². The molecule has 0 spiro atoms. The molecule has 0 radical (unpaired) electrons. The second-order valence-electron chi connectivity index (χ2n) is 7.59. The number of sulfone groups is 1. The van der Waals surface area contributed by atoms with Crippen LogP contribution in [0.2, 0.25) is 5.02 Å². The lowest BCUT2D eigenvalue weighted by molar-refractivity contribution is -0.139. The minimum absolute atomic E-state index is 0.0533. The number of esters is 1. The lowest BCUT2D eigenvalue weighted by Crippen LogP contribution is -2.62. The van der Waals surface area contributed by atoms with E-state index < -0.39 is 59.7 Å². The van der Waals surface area contributed by atoms with Gasteiger partial charge in [0.05, 0.1) is 16.5 Å². The van der Waals surface area contributed by atoms with E-state index in [1.165, 1.54) is 25.1 Å². The van der Waals surface area contributed by atoms with E-state index in [9.17, 15) is 26.0 Å². The molecule has 0 saturated heterocycles. The van der Waals surface area contributed by atoms with Crippen LogP contribution in [-0.4, -0.2) is 40.8 Å². The number of halogens is 4. The summed E-state index contributed by atoms with van der Waals surface area (Å²) in [6, 6.07) is 6.95. The van der Waals surface area contributed by atoms with Crippen LogP contribution in [0.15, 0.2) is 70.7 Å². The molecular formula is C22H20Cl2F2N2O6S2. The summed E-state index contributed by atoms with van der Waals surface area (Å²) in [6.07, 6.45) is 3.29. The Morgan fingerprint density at radius 1 is 1.11 bits per heavy atom. The maximum Gasteiger partial charge on any atom is 0.322 e. The molecule has 3 rings (SSSR count). The summed E-state index contributed by atoms with van der Waals surface area (Å²) in [5, 5.41) is 0.690. The van der Waals surface area contributed by atoms with E-state index >= 15 is 4.39 Å². The maximum absolute atomic E-state index is 15.1. The van der Waals surface area contributed by atoms with Crippen LogP contribution in [0.4, 0.5) is 8.78 Å². The predicted octanol–water partition coefficient (Wildman–Crippen LogP) is 3.55. The Morgan fingerprint density at radius 2 is 1.78 bits per heavy atom. The molecule has 2 atom stereocenters. The fourth-order valence-corrected chi connectivity index (χ4v) is 7.10. The molecule has 0 aliphatic carbocycles. The van der Waals surface area contributed by atoms with Gasteiger partial charge in [0.25, 0.3) is 0 Å². The summed E-state index contributed by atoms with van der Waals surface area (Å²) < 4.78 is 89.9. The topological polar surface area (TPSA) is 119 Å². The number of dihydropyridines is 1. The molecule has 36 heavy (non-hydrogen) atoms. The maximum atomic E-state index is 15.1. The lowest BCUT2D eigenvalue weighted by Gasteiger charge is -2.40. The Morgan fingerprint density at radius 3 is 2.36 bits per heavy atom. The van der Waals surface area contributed by atoms with Gasteiger partial charge in [0.2, 0.25) is 10.0 Å². The molecule has 0 amide bonds. The van der Waals surface area contributed by atoms with Crippen LogP contribution in [0, 0.1) is 11.6 Å². The van der Waals surface area contributed by atoms with Crippen molar-refractivity contribution < 1.29 is 35.1 Å². The highest BCUT2D eigenvalue weighted by atomic mass is 35.5. The van der Waals surface area contributed by atoms with Crippen molar-refractivity contribution in [3.8, 4) is 0 Å². The molecule has 0 fully saturated rings. The van der Waals surface area contributed by atoms with Crippen LogP contribution in [0.25, 0.3) is 0 Å². The van der Waals surface area contributed by atoms with Gasteiger partial charge in [0.1, 0.15) is 22.5 Å². The number of allylic oxidation sites excluding steroid dienone is 2. The van der Waals surface area contributed by atoms with Crippen molar-refractivity contribution in [1.82, 2.24) is 10.0 Å². The third-order valence-electron chi connectivity index (χ3n) is 5.00. The van der Waals surface area contributed by atoms with Crippen molar-refractivity contribution in [2.45, 2.75) is 22.7 Å². The number of benzene rings is 2. The van der Waals surface area contributed by atoms with E-state index in [0.29, 0.717) is 12.1 Å². The van der Waals surface area contributed by atoms with Gasteiger partial charge in [-0.05, 0) is 61.5 Å². The van der Waals surface area contributed by atoms with Crippen LogP contribution < -0.4 is 10.0 Å². The fourth-order valence-electron chi connectivity index (χ4n) is 3.56. The average Bonchev–Trinajstić information content (AvgIpc) is 2.78. The van der Waals surface area contributed by atoms with Crippen molar-refractivity contribution >= 4 is 49.0 Å². The standard InChI is InChI=1S/C22H20Cl2F2N2O6S2/c1-2-34-20(29)13-35(30,31)28-22(10-9-15(24)12-27-22)21(18-11-16(25)5-8-19(18)26)36(32,33)17-6-3-14(23)4-7-17/h3-12,21,27-28H,2,13H2,1H3. The highest BCUT2D eigenvalue weighted by Crippen LogP contribution is 2.41. The highest BCUT2D eigenvalue weighted by Gasteiger charge is 2.50. The molecule has 0 bridgehead atoms. The smallest absolute Gasteiger partial charge is 0.322 e. The summed E-state index contributed by atoms with van der Waals surface area (Å²) in [7, 11) is -9.31. The number of nitrogens with one attached hydrogen (secondary N) is 2. The van der Waals surface area contributed by atoms with Gasteiger partial charge in [-0.2, -0.15) is 4.72 Å². The summed E-state index contributed by atoms with van der Waals surface area (Å²) in [5.74, 6) is -4.38. The SMILES string of the molecule is CCOC(=O)CS(=O)(=O)NC1(C(c2cc(F)ccc2F)S(=O)(=O)c2ccc(Cl)cc2)C=CC(Cl)=CN1. The monoisotopic (exact) mass is 580 g/mol. The van der Waals surface area contributed by atoms with Crippen LogP contribution in [0.3, 0.4) is 0 Å². The number of sulfonamides is 1. The number of carbonyl (C=O) groups is 1. The molecule has 1 heterocycles. The quantitative estimate of drug-likeness (QED) is 0.435. The van der Waals surface area contributed by atoms with Crippen molar-refractivity contribution in [3.63, 3.8) is 0 Å². The normalized spacial score (nSPS) is 18.8. The van der Waals surface area contributed by atoms with Crippen molar-refractivity contribution in [3.05, 3.63) is 88.1 Å². The fraction of sp³-hybridized carbons (Fsp3) is 0.227. The molecule has 1 aliphatic rings. The minimum atomic E-state index is -4.69. The van der Waals surface area contributed by atoms with Gasteiger partial charge < -0.3 is 10.1 Å². The van der Waals surface area contributed by atoms with Crippen LogP contribution in [0.5, 0.6) is 0 Å². The zero-order chi connectivity index (χ0) is 26.7. The number of carbonyl (C=O) groups excluding carboxylic acids is 1. The molecule has 14 heteroatoms. The Bertz CT molecular complexity index is 1430. The van der Waals surface area contributed by atoms with Gasteiger partial charge in [-0.15, -0.1) is 0 Å². The molecule has 2 aromatic rings. The zero-order valence-corrected chi connectivity index (χ0v) is 21.7. The third-order valence-corrected chi connectivity index (χ3v) is 8.93. The zero-order valence-electron chi connectivity index (χ0n) is 18.5. The molecule has 2 unspecified atom stereocenters. The largest absolute Gasteiger partial charge is 0.465 e. The Kier molecular flexibility index (Phi) is 8.46. The molecule has 8 nitrogen and oxygen atoms in total. The van der Waals surface area contributed by atoms with Gasteiger partial charge in [0, 0.05) is 16.8 Å². The second kappa shape index (κ2) is 10.9. The molecule has 194 valence electrons. The number of ether oxygens (including phenoxy) is 1. The first-order valence-corrected chi connectivity index (χ1v) is 14.2. The molecule has 1 aliphatic heterocycles. The van der Waals surface area contributed by atoms with Crippen LogP contribution in [-0.2, 0) is 29.4 Å². The first-order chi connectivity index (χ1) is 16.8. The van der Waals surface area contributed by atoms with E-state index in [1.54, 1.807) is 0 Å². The van der Waals surface area contributed by atoms with E-state index in [1.807, 2.05) is 0 Å². The van der Waals surface area contributed by atoms with Crippen molar-refractivity contribution in [2.75, 3.05) is 12.4 Å². The summed E-state index contributed by atoms with van der Waals surface area (Å²) >= 11 is 11.8. The highest BCUT2D eigenvalue weighted by molar-refractivity contribution is 7.92. The van der Waals surface area contributed by atoms with Gasteiger partial charge in [-0.25, -0.2) is 25.6 Å². The average molecular weight is 581 g/mol. The van der Waals surface area contributed by atoms with Gasteiger partial charge >= 0.3 is 5.97 Å². The second-order valence-corrected chi connectivity index (χ2v) is 12.2. The molecule has 2 aromatic carbocycles. The lowest BCUT2D eigenvalue weighted by atomic mass is 9.97.